The Balaban J connectivity index is 2.20. The Morgan fingerprint density at radius 2 is 2.05 bits per heavy atom. The third kappa shape index (κ3) is 2.86. The number of aliphatic carboxylic acids is 1. The van der Waals surface area contributed by atoms with Gasteiger partial charge in [0.15, 0.2) is 0 Å². The van der Waals surface area contributed by atoms with Crippen molar-refractivity contribution in [2.75, 3.05) is 13.1 Å². The number of nitro groups is 1. The molecule has 1 aromatic rings. The van der Waals surface area contributed by atoms with Crippen LogP contribution < -0.4 is 0 Å². The second-order valence-electron chi connectivity index (χ2n) is 5.39. The monoisotopic (exact) mass is 292 g/mol. The maximum Gasteiger partial charge on any atom is 0.308 e. The molecule has 1 fully saturated rings. The van der Waals surface area contributed by atoms with Crippen LogP contribution in [0, 0.1) is 28.9 Å². The molecule has 0 aliphatic carbocycles. The van der Waals surface area contributed by atoms with Crippen LogP contribution in [-0.2, 0) is 4.79 Å². The highest BCUT2D eigenvalue weighted by atomic mass is 16.6. The van der Waals surface area contributed by atoms with Gasteiger partial charge in [0.1, 0.15) is 0 Å². The quantitative estimate of drug-likeness (QED) is 0.675. The highest BCUT2D eigenvalue weighted by Gasteiger charge is 2.37. The van der Waals surface area contributed by atoms with E-state index in [9.17, 15) is 19.7 Å². The number of rotatable bonds is 3. The van der Waals surface area contributed by atoms with Crippen LogP contribution in [0.1, 0.15) is 22.8 Å². The molecule has 21 heavy (non-hydrogen) atoms. The van der Waals surface area contributed by atoms with Gasteiger partial charge in [0.25, 0.3) is 11.6 Å². The predicted molar refractivity (Wildman–Crippen MR) is 74.0 cm³/mol. The van der Waals surface area contributed by atoms with Crippen molar-refractivity contribution < 1.29 is 19.6 Å². The van der Waals surface area contributed by atoms with Crippen LogP contribution in [0.3, 0.4) is 0 Å². The SMILES string of the molecule is Cc1cc(C(=O)N2C[C@@H](C)[C@H](C(=O)O)C2)ccc1[N+](=O)[O-]. The van der Waals surface area contributed by atoms with E-state index in [1.807, 2.05) is 0 Å². The Morgan fingerprint density at radius 1 is 1.38 bits per heavy atom. The first-order valence-corrected chi connectivity index (χ1v) is 6.58. The van der Waals surface area contributed by atoms with Crippen molar-refractivity contribution >= 4 is 17.6 Å². The fourth-order valence-corrected chi connectivity index (χ4v) is 2.63. The van der Waals surface area contributed by atoms with Crippen molar-refractivity contribution in [2.24, 2.45) is 11.8 Å². The number of hydrogen-bond acceptors (Lipinski definition) is 4. The van der Waals surface area contributed by atoms with Crippen LogP contribution in [0.4, 0.5) is 5.69 Å². The molecular formula is C14H16N2O5. The molecule has 1 aromatic carbocycles. The van der Waals surface area contributed by atoms with Crippen LogP contribution in [0.15, 0.2) is 18.2 Å². The first-order chi connectivity index (χ1) is 9.81. The van der Waals surface area contributed by atoms with E-state index >= 15 is 0 Å². The van der Waals surface area contributed by atoms with E-state index in [1.54, 1.807) is 13.8 Å². The number of carboxylic acids is 1. The lowest BCUT2D eigenvalue weighted by molar-refractivity contribution is -0.385. The first kappa shape index (κ1) is 15.0. The lowest BCUT2D eigenvalue weighted by Gasteiger charge is -2.16. The Bertz CT molecular complexity index is 613. The van der Waals surface area contributed by atoms with Crippen molar-refractivity contribution in [1.82, 2.24) is 4.90 Å². The normalized spacial score (nSPS) is 21.3. The van der Waals surface area contributed by atoms with Gasteiger partial charge in [-0.1, -0.05) is 6.92 Å². The maximum atomic E-state index is 12.4. The summed E-state index contributed by atoms with van der Waals surface area (Å²) in [7, 11) is 0. The summed E-state index contributed by atoms with van der Waals surface area (Å²) in [6, 6.07) is 4.18. The number of hydrogen-bond donors (Lipinski definition) is 1. The van der Waals surface area contributed by atoms with Crippen LogP contribution in [0.25, 0.3) is 0 Å². The van der Waals surface area contributed by atoms with E-state index in [0.717, 1.165) is 0 Å². The number of benzene rings is 1. The Labute approximate surface area is 121 Å². The minimum absolute atomic E-state index is 0.0373. The molecular weight excluding hydrogens is 276 g/mol. The van der Waals surface area contributed by atoms with Gasteiger partial charge in [-0.2, -0.15) is 0 Å². The Kier molecular flexibility index (Phi) is 3.93. The van der Waals surface area contributed by atoms with Crippen LogP contribution in [0.2, 0.25) is 0 Å². The zero-order valence-corrected chi connectivity index (χ0v) is 11.8. The van der Waals surface area contributed by atoms with Gasteiger partial charge >= 0.3 is 5.97 Å². The van der Waals surface area contributed by atoms with E-state index in [-0.39, 0.29) is 24.1 Å². The summed E-state index contributed by atoms with van der Waals surface area (Å²) >= 11 is 0. The lowest BCUT2D eigenvalue weighted by atomic mass is 9.99. The molecule has 1 aliphatic rings. The molecule has 0 bridgehead atoms. The van der Waals surface area contributed by atoms with Crippen LogP contribution in [0.5, 0.6) is 0 Å². The van der Waals surface area contributed by atoms with Gasteiger partial charge in [-0.3, -0.25) is 19.7 Å². The topological polar surface area (TPSA) is 101 Å². The molecule has 2 atom stereocenters. The number of nitro benzene ring substituents is 1. The van der Waals surface area contributed by atoms with Crippen molar-refractivity contribution in [3.8, 4) is 0 Å². The summed E-state index contributed by atoms with van der Waals surface area (Å²) < 4.78 is 0. The number of amides is 1. The molecule has 0 radical (unpaired) electrons. The Morgan fingerprint density at radius 3 is 2.52 bits per heavy atom. The number of nitrogens with zero attached hydrogens (tertiary/aromatic N) is 2. The molecule has 1 heterocycles. The molecule has 112 valence electrons. The molecule has 7 heteroatoms. The standard InChI is InChI=1S/C14H16N2O5/c1-8-5-10(3-4-12(8)16(20)21)13(17)15-6-9(2)11(7-15)14(18)19/h3-5,9,11H,6-7H2,1-2H3,(H,18,19)/t9-,11-/m1/s1. The maximum absolute atomic E-state index is 12.4. The average Bonchev–Trinajstić information content (AvgIpc) is 2.79. The predicted octanol–water partition coefficient (Wildman–Crippen LogP) is 1.70. The zero-order chi connectivity index (χ0) is 15.7. The van der Waals surface area contributed by atoms with Gasteiger partial charge < -0.3 is 10.0 Å². The Hall–Kier alpha value is -2.44. The van der Waals surface area contributed by atoms with E-state index < -0.39 is 16.8 Å². The summed E-state index contributed by atoms with van der Waals surface area (Å²) in [5.74, 6) is -1.86. The van der Waals surface area contributed by atoms with Gasteiger partial charge in [0.05, 0.1) is 10.8 Å². The number of carbonyl (C=O) groups is 2. The largest absolute Gasteiger partial charge is 0.481 e. The third-order valence-corrected chi connectivity index (χ3v) is 3.86. The van der Waals surface area contributed by atoms with Crippen molar-refractivity contribution in [1.29, 1.82) is 0 Å². The van der Waals surface area contributed by atoms with Gasteiger partial charge in [0.2, 0.25) is 0 Å². The average molecular weight is 292 g/mol. The van der Waals surface area contributed by atoms with E-state index in [0.29, 0.717) is 17.7 Å². The summed E-state index contributed by atoms with van der Waals surface area (Å²) in [5.41, 5.74) is 0.717. The molecule has 2 rings (SSSR count). The number of likely N-dealkylation sites (tertiary alicyclic amines) is 1. The lowest BCUT2D eigenvalue weighted by Crippen LogP contribution is -2.30. The third-order valence-electron chi connectivity index (χ3n) is 3.86. The summed E-state index contributed by atoms with van der Waals surface area (Å²) in [6.07, 6.45) is 0. The molecule has 0 saturated carbocycles. The molecule has 1 saturated heterocycles. The smallest absolute Gasteiger partial charge is 0.308 e. The summed E-state index contributed by atoms with van der Waals surface area (Å²) in [4.78, 5) is 35.2. The molecule has 1 aliphatic heterocycles. The summed E-state index contributed by atoms with van der Waals surface area (Å²) in [5, 5.41) is 19.8. The number of carboxylic acid groups (broad SMARTS) is 1. The molecule has 0 unspecified atom stereocenters. The van der Waals surface area contributed by atoms with Gasteiger partial charge in [0, 0.05) is 30.3 Å². The molecule has 0 spiro atoms. The van der Waals surface area contributed by atoms with Crippen LogP contribution >= 0.6 is 0 Å². The van der Waals surface area contributed by atoms with E-state index in [1.165, 1.54) is 23.1 Å². The van der Waals surface area contributed by atoms with Crippen LogP contribution in [-0.4, -0.2) is 39.9 Å². The number of aryl methyl sites for hydroxylation is 1. The minimum Gasteiger partial charge on any atom is -0.481 e. The van der Waals surface area contributed by atoms with E-state index in [4.69, 9.17) is 5.11 Å². The fraction of sp³-hybridized carbons (Fsp3) is 0.429. The fourth-order valence-electron chi connectivity index (χ4n) is 2.63. The highest BCUT2D eigenvalue weighted by molar-refractivity contribution is 5.95. The van der Waals surface area contributed by atoms with Crippen molar-refractivity contribution in [3.63, 3.8) is 0 Å². The van der Waals surface area contributed by atoms with Gasteiger partial charge in [-0.25, -0.2) is 0 Å². The summed E-state index contributed by atoms with van der Waals surface area (Å²) in [6.45, 7) is 3.92. The number of carbonyl (C=O) groups excluding carboxylic acids is 1. The minimum atomic E-state index is -0.905. The zero-order valence-electron chi connectivity index (χ0n) is 11.8. The highest BCUT2D eigenvalue weighted by Crippen LogP contribution is 2.26. The molecule has 0 aromatic heterocycles. The van der Waals surface area contributed by atoms with E-state index in [2.05, 4.69) is 0 Å². The van der Waals surface area contributed by atoms with Gasteiger partial charge in [-0.15, -0.1) is 0 Å². The second kappa shape index (κ2) is 5.51. The van der Waals surface area contributed by atoms with Gasteiger partial charge in [-0.05, 0) is 25.0 Å². The van der Waals surface area contributed by atoms with Crippen molar-refractivity contribution in [3.05, 3.63) is 39.4 Å². The second-order valence-corrected chi connectivity index (χ2v) is 5.39. The molecule has 1 amide bonds. The molecule has 1 N–H and O–H groups in total. The van der Waals surface area contributed by atoms with Crippen molar-refractivity contribution in [2.45, 2.75) is 13.8 Å². The first-order valence-electron chi connectivity index (χ1n) is 6.58. The molecule has 7 nitrogen and oxygen atoms in total.